The third kappa shape index (κ3) is 5.52. The zero-order valence-corrected chi connectivity index (χ0v) is 10.8. The van der Waals surface area contributed by atoms with Crippen LogP contribution in [0.15, 0.2) is 34.5 Å². The molecule has 0 saturated carbocycles. The van der Waals surface area contributed by atoms with E-state index >= 15 is 0 Å². The summed E-state index contributed by atoms with van der Waals surface area (Å²) in [4.78, 5) is 39.9. The number of aromatic carboxylic acids is 1. The lowest BCUT2D eigenvalue weighted by Gasteiger charge is -2.12. The maximum absolute atomic E-state index is 10.7. The molecule has 0 spiro atoms. The number of thioether (sulfide) groups is 1. The van der Waals surface area contributed by atoms with Crippen molar-refractivity contribution < 1.29 is 24.7 Å². The molecule has 0 aliphatic heterocycles. The number of hydrogen-bond donors (Lipinski definition) is 1. The van der Waals surface area contributed by atoms with E-state index in [9.17, 15) is 19.8 Å². The topological polar surface area (TPSA) is 128 Å². The number of nitrogens with zero attached hydrogens (tertiary/aromatic N) is 2. The van der Waals surface area contributed by atoms with Crippen LogP contribution < -0.4 is 0 Å². The molecule has 0 amide bonds. The largest absolute Gasteiger partial charge is 0.478 e. The van der Waals surface area contributed by atoms with Gasteiger partial charge in [0.2, 0.25) is 0 Å². The second-order valence-corrected chi connectivity index (χ2v) is 4.56. The molecule has 9 nitrogen and oxygen atoms in total. The maximum atomic E-state index is 10.7. The van der Waals surface area contributed by atoms with Crippen LogP contribution >= 0.6 is 11.8 Å². The van der Waals surface area contributed by atoms with E-state index in [0.29, 0.717) is 4.90 Å². The Balaban J connectivity index is 2.54. The van der Waals surface area contributed by atoms with Gasteiger partial charge in [0.25, 0.3) is 5.09 Å². The second-order valence-electron chi connectivity index (χ2n) is 3.46. The predicted octanol–water partition coefficient (Wildman–Crippen LogP) is 1.75. The fraction of sp³-hybridized carbons (Fsp3) is 0.300. The van der Waals surface area contributed by atoms with E-state index in [1.807, 2.05) is 0 Å². The molecule has 0 fully saturated rings. The van der Waals surface area contributed by atoms with Crippen LogP contribution in [-0.4, -0.2) is 34.6 Å². The molecule has 0 aromatic heterocycles. The molecule has 1 rings (SSSR count). The molecule has 0 radical (unpaired) electrons. The van der Waals surface area contributed by atoms with Crippen molar-refractivity contribution in [1.82, 2.24) is 0 Å². The molecule has 0 bridgehead atoms. The summed E-state index contributed by atoms with van der Waals surface area (Å²) in [6, 6.07) is 5.96. The zero-order valence-electron chi connectivity index (χ0n) is 10.0. The minimum absolute atomic E-state index is 0.140. The molecule has 0 aliphatic carbocycles. The first kappa shape index (κ1) is 15.7. The number of carboxylic acid groups (broad SMARTS) is 1. The maximum Gasteiger partial charge on any atom is 0.335 e. The van der Waals surface area contributed by atoms with Gasteiger partial charge in [-0.1, -0.05) is 0 Å². The van der Waals surface area contributed by atoms with Crippen LogP contribution in [0.2, 0.25) is 0 Å². The third-order valence-corrected chi connectivity index (χ3v) is 3.23. The Morgan fingerprint density at radius 2 is 2.10 bits per heavy atom. The van der Waals surface area contributed by atoms with Gasteiger partial charge in [0.15, 0.2) is 11.4 Å². The van der Waals surface area contributed by atoms with Crippen molar-refractivity contribution in [3.05, 3.63) is 44.9 Å². The number of carboxylic acids is 1. The molecule has 20 heavy (non-hydrogen) atoms. The average Bonchev–Trinajstić information content (AvgIpc) is 2.41. The zero-order chi connectivity index (χ0) is 15.0. The van der Waals surface area contributed by atoms with Crippen LogP contribution in [0.4, 0.5) is 0 Å². The SMILES string of the molecule is O=NOCC(CSc1ccc(C(=O)O)cc1)O[N+](=O)[O-]. The summed E-state index contributed by atoms with van der Waals surface area (Å²) in [5.41, 5.74) is 0.140. The van der Waals surface area contributed by atoms with Crippen molar-refractivity contribution in [3.63, 3.8) is 0 Å². The van der Waals surface area contributed by atoms with Crippen molar-refractivity contribution in [3.8, 4) is 0 Å². The van der Waals surface area contributed by atoms with E-state index < -0.39 is 17.2 Å². The average molecular weight is 302 g/mol. The van der Waals surface area contributed by atoms with Gasteiger partial charge in [-0.15, -0.1) is 26.8 Å². The van der Waals surface area contributed by atoms with E-state index in [0.717, 1.165) is 0 Å². The molecule has 1 atom stereocenters. The summed E-state index contributed by atoms with van der Waals surface area (Å²) >= 11 is 1.20. The first-order valence-electron chi connectivity index (χ1n) is 5.25. The minimum Gasteiger partial charge on any atom is -0.478 e. The molecule has 0 saturated heterocycles. The lowest BCUT2D eigenvalue weighted by Crippen LogP contribution is -2.24. The molecule has 1 unspecified atom stereocenters. The van der Waals surface area contributed by atoms with E-state index in [-0.39, 0.29) is 17.9 Å². The van der Waals surface area contributed by atoms with Crippen LogP contribution in [0.25, 0.3) is 0 Å². The summed E-state index contributed by atoms with van der Waals surface area (Å²) in [6.45, 7) is -0.343. The molecular weight excluding hydrogens is 292 g/mol. The highest BCUT2D eigenvalue weighted by Gasteiger charge is 2.15. The third-order valence-electron chi connectivity index (χ3n) is 2.09. The Hall–Kier alpha value is -2.36. The molecule has 0 aliphatic rings. The molecule has 0 heterocycles. The van der Waals surface area contributed by atoms with Crippen molar-refractivity contribution in [2.24, 2.45) is 5.34 Å². The highest BCUT2D eigenvalue weighted by atomic mass is 32.2. The van der Waals surface area contributed by atoms with Crippen molar-refractivity contribution in [1.29, 1.82) is 0 Å². The summed E-state index contributed by atoms with van der Waals surface area (Å²) in [5.74, 6) is -0.898. The molecule has 1 aromatic carbocycles. The smallest absolute Gasteiger partial charge is 0.335 e. The minimum atomic E-state index is -1.04. The molecule has 1 N–H and O–H groups in total. The van der Waals surface area contributed by atoms with Crippen LogP contribution in [0.3, 0.4) is 0 Å². The van der Waals surface area contributed by atoms with Gasteiger partial charge >= 0.3 is 5.97 Å². The monoisotopic (exact) mass is 302 g/mol. The van der Waals surface area contributed by atoms with Crippen molar-refractivity contribution >= 4 is 17.7 Å². The second kappa shape index (κ2) is 7.94. The van der Waals surface area contributed by atoms with Gasteiger partial charge in [0, 0.05) is 10.6 Å². The quantitative estimate of drug-likeness (QED) is 0.316. The first-order valence-corrected chi connectivity index (χ1v) is 6.23. The van der Waals surface area contributed by atoms with Crippen molar-refractivity contribution in [2.45, 2.75) is 11.0 Å². The van der Waals surface area contributed by atoms with Crippen LogP contribution in [-0.2, 0) is 9.68 Å². The van der Waals surface area contributed by atoms with Gasteiger partial charge in [-0.2, -0.15) is 0 Å². The standard InChI is InChI=1S/C10H10N2O7S/c13-10(14)7-1-3-9(4-2-7)20-6-8(5-18-11-15)19-12(16)17/h1-4,8H,5-6H2,(H,13,14). The van der Waals surface area contributed by atoms with E-state index in [2.05, 4.69) is 15.0 Å². The summed E-state index contributed by atoms with van der Waals surface area (Å²) in [5, 5.41) is 20.1. The fourth-order valence-corrected chi connectivity index (χ4v) is 2.09. The van der Waals surface area contributed by atoms with Gasteiger partial charge in [-0.05, 0) is 24.3 Å². The number of hydrogen-bond acceptors (Lipinski definition) is 8. The Morgan fingerprint density at radius 3 is 2.60 bits per heavy atom. The van der Waals surface area contributed by atoms with E-state index in [4.69, 9.17) is 5.11 Å². The Labute approximate surface area is 116 Å². The van der Waals surface area contributed by atoms with Crippen LogP contribution in [0, 0.1) is 15.0 Å². The lowest BCUT2D eigenvalue weighted by atomic mass is 10.2. The van der Waals surface area contributed by atoms with Gasteiger partial charge in [-0.3, -0.25) is 0 Å². The summed E-state index contributed by atoms with van der Waals surface area (Å²) in [7, 11) is 0. The highest BCUT2D eigenvalue weighted by molar-refractivity contribution is 7.99. The van der Waals surface area contributed by atoms with Gasteiger partial charge in [0.05, 0.1) is 5.56 Å². The molecule has 10 heteroatoms. The number of rotatable bonds is 9. The summed E-state index contributed by atoms with van der Waals surface area (Å²) in [6.07, 6.45) is -0.952. The lowest BCUT2D eigenvalue weighted by molar-refractivity contribution is -0.767. The van der Waals surface area contributed by atoms with E-state index in [1.165, 1.54) is 23.9 Å². The van der Waals surface area contributed by atoms with Gasteiger partial charge in [0.1, 0.15) is 6.61 Å². The van der Waals surface area contributed by atoms with Crippen LogP contribution in [0.5, 0.6) is 0 Å². The first-order chi connectivity index (χ1) is 9.52. The molecule has 1 aromatic rings. The number of carbonyl (C=O) groups is 1. The van der Waals surface area contributed by atoms with E-state index in [1.54, 1.807) is 12.1 Å². The van der Waals surface area contributed by atoms with Gasteiger partial charge < -0.3 is 14.8 Å². The van der Waals surface area contributed by atoms with Crippen molar-refractivity contribution in [2.75, 3.05) is 12.4 Å². The number of benzene rings is 1. The highest BCUT2D eigenvalue weighted by Crippen LogP contribution is 2.20. The Kier molecular flexibility index (Phi) is 6.23. The normalized spacial score (nSPS) is 11.4. The Bertz CT molecular complexity index is 479. The van der Waals surface area contributed by atoms with Crippen LogP contribution in [0.1, 0.15) is 10.4 Å². The summed E-state index contributed by atoms with van der Waals surface area (Å²) < 4.78 is 0. The Morgan fingerprint density at radius 1 is 1.45 bits per heavy atom. The predicted molar refractivity (Wildman–Crippen MR) is 67.7 cm³/mol. The molecule has 108 valence electrons. The fourth-order valence-electron chi connectivity index (χ4n) is 1.23. The van der Waals surface area contributed by atoms with Gasteiger partial charge in [-0.25, -0.2) is 4.79 Å². The molecular formula is C10H10N2O7S.